The Bertz CT molecular complexity index is 358. The van der Waals surface area contributed by atoms with Gasteiger partial charge in [-0.05, 0) is 30.5 Å². The standard InChI is InChI=1S/C12H13BrO2/c13-9-6-4-8(5-7-9)12(15)10-2-1-3-11(10)14/h4-7,10,12,15H,1-3H2. The quantitative estimate of drug-likeness (QED) is 0.896. The molecule has 2 atom stereocenters. The van der Waals surface area contributed by atoms with Gasteiger partial charge in [0.05, 0.1) is 6.10 Å². The minimum atomic E-state index is -0.631. The van der Waals surface area contributed by atoms with Crippen molar-refractivity contribution in [1.29, 1.82) is 0 Å². The molecule has 1 aromatic rings. The van der Waals surface area contributed by atoms with Crippen LogP contribution in [-0.2, 0) is 4.79 Å². The van der Waals surface area contributed by atoms with Gasteiger partial charge in [0.2, 0.25) is 0 Å². The number of benzene rings is 1. The molecular formula is C12H13BrO2. The lowest BCUT2D eigenvalue weighted by molar-refractivity contribution is -0.123. The number of aliphatic hydroxyl groups is 1. The number of Topliss-reactive ketones (excluding diaryl/α,β-unsaturated/α-hetero) is 1. The minimum absolute atomic E-state index is 0.189. The smallest absolute Gasteiger partial charge is 0.138 e. The van der Waals surface area contributed by atoms with Crippen LogP contribution in [0.15, 0.2) is 28.7 Å². The molecule has 80 valence electrons. The van der Waals surface area contributed by atoms with E-state index in [4.69, 9.17) is 0 Å². The molecule has 2 nitrogen and oxygen atoms in total. The van der Waals surface area contributed by atoms with Crippen molar-refractivity contribution in [1.82, 2.24) is 0 Å². The third-order valence-corrected chi connectivity index (χ3v) is 3.47. The zero-order chi connectivity index (χ0) is 10.8. The van der Waals surface area contributed by atoms with E-state index in [0.29, 0.717) is 6.42 Å². The van der Waals surface area contributed by atoms with Gasteiger partial charge in [0.15, 0.2) is 0 Å². The number of hydrogen-bond donors (Lipinski definition) is 1. The van der Waals surface area contributed by atoms with E-state index >= 15 is 0 Å². The molecule has 0 heterocycles. The van der Waals surface area contributed by atoms with E-state index in [0.717, 1.165) is 22.9 Å². The molecule has 0 saturated heterocycles. The van der Waals surface area contributed by atoms with Crippen molar-refractivity contribution in [2.24, 2.45) is 5.92 Å². The summed E-state index contributed by atoms with van der Waals surface area (Å²) in [4.78, 5) is 11.5. The second kappa shape index (κ2) is 4.45. The number of halogens is 1. The van der Waals surface area contributed by atoms with E-state index in [2.05, 4.69) is 15.9 Å². The van der Waals surface area contributed by atoms with Crippen LogP contribution in [0.5, 0.6) is 0 Å². The summed E-state index contributed by atoms with van der Waals surface area (Å²) in [5.41, 5.74) is 0.832. The maximum atomic E-state index is 11.5. The lowest BCUT2D eigenvalue weighted by atomic mass is 9.94. The molecule has 3 heteroatoms. The molecule has 15 heavy (non-hydrogen) atoms. The van der Waals surface area contributed by atoms with Gasteiger partial charge in [-0.3, -0.25) is 4.79 Å². The molecule has 2 rings (SSSR count). The first kappa shape index (κ1) is 10.8. The molecule has 1 aromatic carbocycles. The van der Waals surface area contributed by atoms with Gasteiger partial charge in [0.25, 0.3) is 0 Å². The molecule has 0 aliphatic heterocycles. The summed E-state index contributed by atoms with van der Waals surface area (Å²) in [5, 5.41) is 10.0. The third kappa shape index (κ3) is 2.29. The van der Waals surface area contributed by atoms with E-state index in [1.54, 1.807) is 0 Å². The number of ketones is 1. The molecule has 0 radical (unpaired) electrons. The Labute approximate surface area is 97.4 Å². The van der Waals surface area contributed by atoms with Crippen LogP contribution in [0.25, 0.3) is 0 Å². The lowest BCUT2D eigenvalue weighted by Gasteiger charge is -2.16. The first-order chi connectivity index (χ1) is 7.18. The number of rotatable bonds is 2. The SMILES string of the molecule is O=C1CCCC1C(O)c1ccc(Br)cc1. The monoisotopic (exact) mass is 268 g/mol. The predicted molar refractivity (Wildman–Crippen MR) is 61.4 cm³/mol. The summed E-state index contributed by atoms with van der Waals surface area (Å²) in [6, 6.07) is 7.50. The maximum absolute atomic E-state index is 11.5. The Morgan fingerprint density at radius 1 is 1.33 bits per heavy atom. The third-order valence-electron chi connectivity index (χ3n) is 2.94. The van der Waals surface area contributed by atoms with Crippen LogP contribution in [0.1, 0.15) is 30.9 Å². The molecular weight excluding hydrogens is 256 g/mol. The minimum Gasteiger partial charge on any atom is -0.388 e. The summed E-state index contributed by atoms with van der Waals surface area (Å²) in [6.07, 6.45) is 1.72. The van der Waals surface area contributed by atoms with Gasteiger partial charge in [0.1, 0.15) is 5.78 Å². The van der Waals surface area contributed by atoms with Gasteiger partial charge in [0, 0.05) is 16.8 Å². The molecule has 0 bridgehead atoms. The van der Waals surface area contributed by atoms with Crippen molar-refractivity contribution in [3.05, 3.63) is 34.3 Å². The van der Waals surface area contributed by atoms with Gasteiger partial charge >= 0.3 is 0 Å². The van der Waals surface area contributed by atoms with Crippen molar-refractivity contribution in [3.8, 4) is 0 Å². The summed E-state index contributed by atoms with van der Waals surface area (Å²) < 4.78 is 0.983. The summed E-state index contributed by atoms with van der Waals surface area (Å²) in [7, 11) is 0. The average Bonchev–Trinajstić information content (AvgIpc) is 2.65. The fourth-order valence-corrected chi connectivity index (χ4v) is 2.33. The molecule has 1 N–H and O–H groups in total. The zero-order valence-corrected chi connectivity index (χ0v) is 9.90. The Morgan fingerprint density at radius 3 is 2.53 bits per heavy atom. The van der Waals surface area contributed by atoms with Crippen LogP contribution in [0.3, 0.4) is 0 Å². The van der Waals surface area contributed by atoms with E-state index in [-0.39, 0.29) is 11.7 Å². The highest BCUT2D eigenvalue weighted by molar-refractivity contribution is 9.10. The van der Waals surface area contributed by atoms with Crippen molar-refractivity contribution in [2.75, 3.05) is 0 Å². The largest absolute Gasteiger partial charge is 0.388 e. The van der Waals surface area contributed by atoms with Crippen LogP contribution in [0.2, 0.25) is 0 Å². The van der Waals surface area contributed by atoms with Crippen LogP contribution < -0.4 is 0 Å². The molecule has 2 unspecified atom stereocenters. The van der Waals surface area contributed by atoms with Crippen molar-refractivity contribution < 1.29 is 9.90 Å². The van der Waals surface area contributed by atoms with Crippen molar-refractivity contribution in [3.63, 3.8) is 0 Å². The Hall–Kier alpha value is -0.670. The number of carbonyl (C=O) groups excluding carboxylic acids is 1. The van der Waals surface area contributed by atoms with Crippen LogP contribution in [0, 0.1) is 5.92 Å². The van der Waals surface area contributed by atoms with E-state index in [1.807, 2.05) is 24.3 Å². The maximum Gasteiger partial charge on any atom is 0.138 e. The first-order valence-corrected chi connectivity index (χ1v) is 5.94. The molecule has 1 aliphatic rings. The summed E-state index contributed by atoms with van der Waals surface area (Å²) in [5.74, 6) is 0.0107. The highest BCUT2D eigenvalue weighted by Gasteiger charge is 2.31. The highest BCUT2D eigenvalue weighted by Crippen LogP contribution is 2.33. The molecule has 0 spiro atoms. The average molecular weight is 269 g/mol. The second-order valence-electron chi connectivity index (χ2n) is 3.96. The molecule has 1 aliphatic carbocycles. The fourth-order valence-electron chi connectivity index (χ4n) is 2.07. The molecule has 1 fully saturated rings. The fraction of sp³-hybridized carbons (Fsp3) is 0.417. The predicted octanol–water partition coefficient (Wildman–Crippen LogP) is 2.85. The Balaban J connectivity index is 2.16. The van der Waals surface area contributed by atoms with Crippen molar-refractivity contribution in [2.45, 2.75) is 25.4 Å². The number of carbonyl (C=O) groups is 1. The van der Waals surface area contributed by atoms with Gasteiger partial charge < -0.3 is 5.11 Å². The Kier molecular flexibility index (Phi) is 3.22. The number of hydrogen-bond acceptors (Lipinski definition) is 2. The van der Waals surface area contributed by atoms with Gasteiger partial charge in [-0.1, -0.05) is 28.1 Å². The van der Waals surface area contributed by atoms with Crippen LogP contribution in [-0.4, -0.2) is 10.9 Å². The van der Waals surface area contributed by atoms with E-state index < -0.39 is 6.10 Å². The van der Waals surface area contributed by atoms with Gasteiger partial charge in [-0.15, -0.1) is 0 Å². The van der Waals surface area contributed by atoms with Crippen LogP contribution in [0.4, 0.5) is 0 Å². The van der Waals surface area contributed by atoms with Crippen LogP contribution >= 0.6 is 15.9 Å². The lowest BCUT2D eigenvalue weighted by Crippen LogP contribution is -2.16. The molecule has 1 saturated carbocycles. The number of aliphatic hydroxyl groups excluding tert-OH is 1. The normalized spacial score (nSPS) is 23.1. The summed E-state index contributed by atoms with van der Waals surface area (Å²) in [6.45, 7) is 0. The van der Waals surface area contributed by atoms with Crippen molar-refractivity contribution >= 4 is 21.7 Å². The molecule has 0 amide bonds. The Morgan fingerprint density at radius 2 is 2.00 bits per heavy atom. The van der Waals surface area contributed by atoms with E-state index in [1.165, 1.54) is 0 Å². The van der Waals surface area contributed by atoms with E-state index in [9.17, 15) is 9.90 Å². The first-order valence-electron chi connectivity index (χ1n) is 5.15. The topological polar surface area (TPSA) is 37.3 Å². The van der Waals surface area contributed by atoms with Gasteiger partial charge in [-0.25, -0.2) is 0 Å². The second-order valence-corrected chi connectivity index (χ2v) is 4.88. The van der Waals surface area contributed by atoms with Gasteiger partial charge in [-0.2, -0.15) is 0 Å². The zero-order valence-electron chi connectivity index (χ0n) is 8.32. The highest BCUT2D eigenvalue weighted by atomic mass is 79.9. The summed E-state index contributed by atoms with van der Waals surface area (Å²) >= 11 is 3.34. The molecule has 0 aromatic heterocycles.